The van der Waals surface area contributed by atoms with Gasteiger partial charge in [0.2, 0.25) is 5.95 Å². The van der Waals surface area contributed by atoms with Crippen molar-refractivity contribution < 1.29 is 19.5 Å². The molecule has 0 aliphatic rings. The molecule has 10 heteroatoms. The molecular weight excluding hydrogens is 386 g/mol. The van der Waals surface area contributed by atoms with Gasteiger partial charge in [0.15, 0.2) is 11.6 Å². The van der Waals surface area contributed by atoms with Crippen LogP contribution in [0, 0.1) is 0 Å². The van der Waals surface area contributed by atoms with Gasteiger partial charge < -0.3 is 20.9 Å². The summed E-state index contributed by atoms with van der Waals surface area (Å²) in [5, 5.41) is 8.47. The van der Waals surface area contributed by atoms with Crippen LogP contribution in [0.1, 0.15) is 24.6 Å². The average Bonchev–Trinajstić information content (AvgIpc) is 2.67. The van der Waals surface area contributed by atoms with Crippen LogP contribution in [-0.4, -0.2) is 34.3 Å². The summed E-state index contributed by atoms with van der Waals surface area (Å²) in [6.45, 7) is 2.75. The minimum Gasteiger partial charge on any atom is -0.493 e. The number of ether oxygens (including phenoxy) is 2. The summed E-state index contributed by atoms with van der Waals surface area (Å²) in [6.07, 6.45) is 4.05. The van der Waals surface area contributed by atoms with Gasteiger partial charge >= 0.3 is 0 Å². The number of nitrogens with two attached hydrogens (primary N) is 2. The largest absolute Gasteiger partial charge is 0.493 e. The molecule has 0 bridgehead atoms. The van der Waals surface area contributed by atoms with Crippen molar-refractivity contribution in [2.24, 2.45) is 0 Å². The molecule has 0 saturated heterocycles. The van der Waals surface area contributed by atoms with Gasteiger partial charge in [-0.05, 0) is 30.2 Å². The van der Waals surface area contributed by atoms with E-state index in [0.717, 1.165) is 5.56 Å². The zero-order chi connectivity index (χ0) is 19.6. The molecule has 0 aliphatic heterocycles. The topological polar surface area (TPSA) is 146 Å². The number of nitrogens with one attached hydrogen (secondary N) is 1. The fourth-order valence-corrected chi connectivity index (χ4v) is 2.27. The predicted molar refractivity (Wildman–Crippen MR) is 108 cm³/mol. The highest BCUT2D eigenvalue weighted by atomic mass is 35.5. The Morgan fingerprint density at radius 3 is 2.71 bits per heavy atom. The molecule has 1 amide bonds. The van der Waals surface area contributed by atoms with Crippen LogP contribution < -0.4 is 26.4 Å². The number of hydrogen-bond acceptors (Lipinski definition) is 8. The molecule has 0 radical (unpaired) electrons. The zero-order valence-corrected chi connectivity index (χ0v) is 16.2. The van der Waals surface area contributed by atoms with Crippen LogP contribution >= 0.6 is 12.4 Å². The van der Waals surface area contributed by atoms with Crippen LogP contribution in [0.2, 0.25) is 0 Å². The first-order valence-electron chi connectivity index (χ1n) is 8.43. The highest BCUT2D eigenvalue weighted by Crippen LogP contribution is 2.24. The number of carbonyl (C=O) groups excluding carboxylic acids is 1. The van der Waals surface area contributed by atoms with Gasteiger partial charge in [0.05, 0.1) is 18.9 Å². The molecule has 0 unspecified atom stereocenters. The molecule has 2 aromatic rings. The number of aromatic nitrogens is 2. The minimum atomic E-state index is -0.601. The molecule has 1 aromatic carbocycles. The molecule has 0 atom stereocenters. The van der Waals surface area contributed by atoms with E-state index in [1.54, 1.807) is 12.1 Å². The second-order valence-corrected chi connectivity index (χ2v) is 5.53. The lowest BCUT2D eigenvalue weighted by atomic mass is 10.2. The summed E-state index contributed by atoms with van der Waals surface area (Å²) in [5.74, 6) is 0.875. The molecule has 0 fully saturated rings. The average molecular weight is 410 g/mol. The number of aryl methyl sites for hydroxylation is 1. The summed E-state index contributed by atoms with van der Waals surface area (Å²) < 4.78 is 11.4. The van der Waals surface area contributed by atoms with Gasteiger partial charge in [-0.25, -0.2) is 10.5 Å². The molecule has 1 aromatic heterocycles. The quantitative estimate of drug-likeness (QED) is 0.213. The van der Waals surface area contributed by atoms with E-state index in [1.165, 1.54) is 11.6 Å². The van der Waals surface area contributed by atoms with E-state index >= 15 is 0 Å². The summed E-state index contributed by atoms with van der Waals surface area (Å²) in [4.78, 5) is 19.0. The van der Waals surface area contributed by atoms with Crippen LogP contribution in [0.25, 0.3) is 6.08 Å². The van der Waals surface area contributed by atoms with Crippen molar-refractivity contribution in [2.45, 2.75) is 19.8 Å². The lowest BCUT2D eigenvalue weighted by Crippen LogP contribution is -2.14. The molecule has 0 spiro atoms. The van der Waals surface area contributed by atoms with Crippen LogP contribution in [0.4, 0.5) is 11.8 Å². The Morgan fingerprint density at radius 2 is 2.00 bits per heavy atom. The molecule has 9 nitrogen and oxygen atoms in total. The number of carbonyl (C=O) groups is 1. The van der Waals surface area contributed by atoms with Crippen LogP contribution in [-0.2, 0) is 11.2 Å². The molecule has 1 heterocycles. The van der Waals surface area contributed by atoms with Crippen LogP contribution in [0.3, 0.4) is 0 Å². The SMILES string of the molecule is CCc1nc(N)nc(N)c1OCCCOc1cccc(/C=C/C(=O)NO)c1.Cl. The Kier molecular flexibility index (Phi) is 9.55. The number of nitrogen functional groups attached to an aromatic ring is 2. The van der Waals surface area contributed by atoms with Gasteiger partial charge in [-0.15, -0.1) is 12.4 Å². The standard InChI is InChI=1S/C18H23N5O4.ClH/c1-2-14-16(17(19)22-18(20)21-14)27-10-4-9-26-13-6-3-5-12(11-13)7-8-15(24)23-25;/h3,5-8,11,25H,2,4,9-10H2,1H3,(H,23,24)(H4,19,20,21,22);1H/b8-7+;. The molecular formula is C18H24ClN5O4. The van der Waals surface area contributed by atoms with Gasteiger partial charge in [0, 0.05) is 12.5 Å². The van der Waals surface area contributed by atoms with Crippen molar-refractivity contribution >= 4 is 36.2 Å². The fourth-order valence-electron chi connectivity index (χ4n) is 2.27. The van der Waals surface area contributed by atoms with Crippen molar-refractivity contribution in [3.8, 4) is 11.5 Å². The van der Waals surface area contributed by atoms with Gasteiger partial charge in [0.1, 0.15) is 5.75 Å². The van der Waals surface area contributed by atoms with Gasteiger partial charge in [-0.2, -0.15) is 4.98 Å². The number of benzene rings is 1. The number of amides is 1. The maximum absolute atomic E-state index is 11.0. The Bertz CT molecular complexity index is 817. The lowest BCUT2D eigenvalue weighted by Gasteiger charge is -2.12. The number of nitrogens with zero attached hydrogens (tertiary/aromatic N) is 2. The number of anilines is 2. The summed E-state index contributed by atoms with van der Waals surface area (Å²) in [5.41, 5.74) is 14.4. The molecule has 28 heavy (non-hydrogen) atoms. The Hall–Kier alpha value is -3.04. The Morgan fingerprint density at radius 1 is 1.25 bits per heavy atom. The number of hydroxylamine groups is 1. The van der Waals surface area contributed by atoms with Crippen molar-refractivity contribution in [3.05, 3.63) is 41.6 Å². The van der Waals surface area contributed by atoms with E-state index in [0.29, 0.717) is 43.2 Å². The molecule has 2 rings (SSSR count). The monoisotopic (exact) mass is 409 g/mol. The van der Waals surface area contributed by atoms with E-state index in [-0.39, 0.29) is 24.2 Å². The normalized spacial score (nSPS) is 10.4. The predicted octanol–water partition coefficient (Wildman–Crippen LogP) is 1.99. The first kappa shape index (κ1) is 23.0. The minimum absolute atomic E-state index is 0. The zero-order valence-electron chi connectivity index (χ0n) is 15.4. The fraction of sp³-hybridized carbons (Fsp3) is 0.278. The lowest BCUT2D eigenvalue weighted by molar-refractivity contribution is -0.124. The van der Waals surface area contributed by atoms with Crippen molar-refractivity contribution in [3.63, 3.8) is 0 Å². The number of hydrogen-bond donors (Lipinski definition) is 4. The smallest absolute Gasteiger partial charge is 0.267 e. The third-order valence-corrected chi connectivity index (χ3v) is 3.51. The number of halogens is 1. The van der Waals surface area contributed by atoms with Crippen LogP contribution in [0.15, 0.2) is 30.3 Å². The van der Waals surface area contributed by atoms with Crippen molar-refractivity contribution in [1.82, 2.24) is 15.4 Å². The van der Waals surface area contributed by atoms with Gasteiger partial charge in [-0.1, -0.05) is 19.1 Å². The van der Waals surface area contributed by atoms with E-state index in [2.05, 4.69) is 9.97 Å². The first-order valence-corrected chi connectivity index (χ1v) is 8.43. The highest BCUT2D eigenvalue weighted by molar-refractivity contribution is 5.90. The number of rotatable bonds is 9. The summed E-state index contributed by atoms with van der Waals surface area (Å²) in [6, 6.07) is 7.21. The van der Waals surface area contributed by atoms with Gasteiger partial charge in [-0.3, -0.25) is 10.0 Å². The Labute approximate surface area is 169 Å². The van der Waals surface area contributed by atoms with E-state index in [9.17, 15) is 4.79 Å². The van der Waals surface area contributed by atoms with Crippen molar-refractivity contribution in [1.29, 1.82) is 0 Å². The first-order chi connectivity index (χ1) is 13.0. The van der Waals surface area contributed by atoms with Crippen LogP contribution in [0.5, 0.6) is 11.5 Å². The highest BCUT2D eigenvalue weighted by Gasteiger charge is 2.11. The summed E-state index contributed by atoms with van der Waals surface area (Å²) in [7, 11) is 0. The maximum Gasteiger partial charge on any atom is 0.267 e. The van der Waals surface area contributed by atoms with Gasteiger partial charge in [0.25, 0.3) is 5.91 Å². The second kappa shape index (κ2) is 11.6. The van der Waals surface area contributed by atoms with E-state index < -0.39 is 5.91 Å². The Balaban J connectivity index is 0.00000392. The van der Waals surface area contributed by atoms with Crippen molar-refractivity contribution in [2.75, 3.05) is 24.7 Å². The second-order valence-electron chi connectivity index (χ2n) is 5.53. The molecule has 152 valence electrons. The third-order valence-electron chi connectivity index (χ3n) is 3.51. The maximum atomic E-state index is 11.0. The summed E-state index contributed by atoms with van der Waals surface area (Å²) >= 11 is 0. The molecule has 0 saturated carbocycles. The van der Waals surface area contributed by atoms with E-state index in [1.807, 2.05) is 25.1 Å². The molecule has 0 aliphatic carbocycles. The molecule has 6 N–H and O–H groups in total. The van der Waals surface area contributed by atoms with E-state index in [4.69, 9.17) is 26.1 Å². The third kappa shape index (κ3) is 6.93.